The molecule has 1 fully saturated rings. The summed E-state index contributed by atoms with van der Waals surface area (Å²) in [6, 6.07) is 6.95. The van der Waals surface area contributed by atoms with Gasteiger partial charge in [0.05, 0.1) is 6.10 Å². The number of para-hydroxylation sites is 1. The van der Waals surface area contributed by atoms with Crippen molar-refractivity contribution >= 4 is 5.69 Å². The maximum atomic E-state index is 9.75. The molecule has 1 saturated carbocycles. The number of fused-ring (bicyclic) bond motifs is 1. The minimum Gasteiger partial charge on any atom is -0.392 e. The van der Waals surface area contributed by atoms with E-state index in [0.29, 0.717) is 6.04 Å². The van der Waals surface area contributed by atoms with Gasteiger partial charge in [0, 0.05) is 30.2 Å². The van der Waals surface area contributed by atoms with E-state index >= 15 is 0 Å². The summed E-state index contributed by atoms with van der Waals surface area (Å²) < 4.78 is 0. The zero-order valence-corrected chi connectivity index (χ0v) is 11.2. The van der Waals surface area contributed by atoms with Crippen LogP contribution in [0.4, 0.5) is 5.69 Å². The molecule has 3 N–H and O–H groups in total. The molecule has 2 atom stereocenters. The lowest BCUT2D eigenvalue weighted by Crippen LogP contribution is -2.59. The Morgan fingerprint density at radius 2 is 2.28 bits per heavy atom. The number of anilines is 1. The summed E-state index contributed by atoms with van der Waals surface area (Å²) in [7, 11) is 0. The summed E-state index contributed by atoms with van der Waals surface area (Å²) in [5.74, 6) is 0. The van der Waals surface area contributed by atoms with E-state index in [0.717, 1.165) is 25.9 Å². The van der Waals surface area contributed by atoms with Gasteiger partial charge in [0.2, 0.25) is 0 Å². The minimum absolute atomic E-state index is 0.00534. The van der Waals surface area contributed by atoms with Crippen molar-refractivity contribution in [3.63, 3.8) is 0 Å². The standard InChI is InChI=1S/C15H22N2O/c1-15(2)12(8-13(15)18)17-9-11-5-3-4-10-6-7-16-14(10)11/h3-5,12-13,16-18H,6-9H2,1-2H3. The van der Waals surface area contributed by atoms with Gasteiger partial charge in [-0.2, -0.15) is 0 Å². The molecule has 3 rings (SSSR count). The fourth-order valence-corrected chi connectivity index (χ4v) is 3.04. The van der Waals surface area contributed by atoms with Crippen LogP contribution in [0.2, 0.25) is 0 Å². The Kier molecular flexibility index (Phi) is 2.83. The average Bonchev–Trinajstić information content (AvgIpc) is 2.83. The number of aliphatic hydroxyl groups is 1. The van der Waals surface area contributed by atoms with Gasteiger partial charge < -0.3 is 15.7 Å². The van der Waals surface area contributed by atoms with E-state index in [-0.39, 0.29) is 11.5 Å². The smallest absolute Gasteiger partial charge is 0.0621 e. The lowest BCUT2D eigenvalue weighted by atomic mass is 9.64. The molecule has 0 aromatic heterocycles. The molecule has 0 saturated heterocycles. The zero-order valence-electron chi connectivity index (χ0n) is 11.2. The highest BCUT2D eigenvalue weighted by Gasteiger charge is 2.46. The first kappa shape index (κ1) is 12.0. The molecule has 0 spiro atoms. The summed E-state index contributed by atoms with van der Waals surface area (Å²) in [5, 5.41) is 16.8. The van der Waals surface area contributed by atoms with E-state index in [9.17, 15) is 5.11 Å². The van der Waals surface area contributed by atoms with Crippen molar-refractivity contribution in [1.29, 1.82) is 0 Å². The molecule has 1 aliphatic heterocycles. The Morgan fingerprint density at radius 3 is 3.00 bits per heavy atom. The normalized spacial score (nSPS) is 28.4. The summed E-state index contributed by atoms with van der Waals surface area (Å²) >= 11 is 0. The van der Waals surface area contributed by atoms with Gasteiger partial charge in [-0.25, -0.2) is 0 Å². The van der Waals surface area contributed by atoms with Crippen molar-refractivity contribution in [3.8, 4) is 0 Å². The second-order valence-electron chi connectivity index (χ2n) is 6.13. The van der Waals surface area contributed by atoms with E-state index in [1.54, 1.807) is 0 Å². The van der Waals surface area contributed by atoms with E-state index in [1.807, 2.05) is 0 Å². The quantitative estimate of drug-likeness (QED) is 0.763. The highest BCUT2D eigenvalue weighted by Crippen LogP contribution is 2.40. The Bertz CT molecular complexity index is 456. The number of rotatable bonds is 3. The molecular formula is C15H22N2O. The van der Waals surface area contributed by atoms with Gasteiger partial charge in [0.25, 0.3) is 0 Å². The first-order valence-corrected chi connectivity index (χ1v) is 6.85. The molecular weight excluding hydrogens is 224 g/mol. The van der Waals surface area contributed by atoms with Crippen LogP contribution in [0.15, 0.2) is 18.2 Å². The molecule has 18 heavy (non-hydrogen) atoms. The number of hydrogen-bond acceptors (Lipinski definition) is 3. The molecule has 3 nitrogen and oxygen atoms in total. The van der Waals surface area contributed by atoms with Crippen molar-refractivity contribution < 1.29 is 5.11 Å². The first-order chi connectivity index (χ1) is 8.59. The van der Waals surface area contributed by atoms with Crippen LogP contribution in [0.1, 0.15) is 31.4 Å². The highest BCUT2D eigenvalue weighted by molar-refractivity contribution is 5.61. The van der Waals surface area contributed by atoms with Gasteiger partial charge in [-0.15, -0.1) is 0 Å². The van der Waals surface area contributed by atoms with Crippen LogP contribution in [0, 0.1) is 5.41 Å². The number of hydrogen-bond donors (Lipinski definition) is 3. The fraction of sp³-hybridized carbons (Fsp3) is 0.600. The van der Waals surface area contributed by atoms with Gasteiger partial charge in [-0.1, -0.05) is 32.0 Å². The highest BCUT2D eigenvalue weighted by atomic mass is 16.3. The monoisotopic (exact) mass is 246 g/mol. The van der Waals surface area contributed by atoms with Crippen LogP contribution in [0.3, 0.4) is 0 Å². The molecule has 2 aliphatic rings. The molecule has 0 radical (unpaired) electrons. The Hall–Kier alpha value is -1.06. The molecule has 1 heterocycles. The van der Waals surface area contributed by atoms with Crippen LogP contribution in [-0.4, -0.2) is 23.8 Å². The molecule has 1 aromatic rings. The van der Waals surface area contributed by atoms with Crippen molar-refractivity contribution in [2.24, 2.45) is 5.41 Å². The van der Waals surface area contributed by atoms with E-state index in [4.69, 9.17) is 0 Å². The maximum absolute atomic E-state index is 9.75. The number of aliphatic hydroxyl groups excluding tert-OH is 1. The number of nitrogens with one attached hydrogen (secondary N) is 2. The largest absolute Gasteiger partial charge is 0.392 e. The Balaban J connectivity index is 1.67. The van der Waals surface area contributed by atoms with Gasteiger partial charge in [0.1, 0.15) is 0 Å². The van der Waals surface area contributed by atoms with Crippen LogP contribution in [0.25, 0.3) is 0 Å². The van der Waals surface area contributed by atoms with Crippen molar-refractivity contribution in [2.45, 2.75) is 45.4 Å². The molecule has 98 valence electrons. The third-order valence-corrected chi connectivity index (χ3v) is 4.69. The summed E-state index contributed by atoms with van der Waals surface area (Å²) in [5.41, 5.74) is 4.11. The predicted molar refractivity (Wildman–Crippen MR) is 73.7 cm³/mol. The lowest BCUT2D eigenvalue weighted by Gasteiger charge is -2.49. The molecule has 1 aromatic carbocycles. The molecule has 2 unspecified atom stereocenters. The topological polar surface area (TPSA) is 44.3 Å². The molecule has 1 aliphatic carbocycles. The summed E-state index contributed by atoms with van der Waals surface area (Å²) in [4.78, 5) is 0. The zero-order chi connectivity index (χ0) is 12.8. The molecule has 3 heteroatoms. The van der Waals surface area contributed by atoms with Crippen molar-refractivity contribution in [2.75, 3.05) is 11.9 Å². The first-order valence-electron chi connectivity index (χ1n) is 6.85. The molecule has 0 bridgehead atoms. The fourth-order valence-electron chi connectivity index (χ4n) is 3.04. The third kappa shape index (κ3) is 1.82. The van der Waals surface area contributed by atoms with Crippen LogP contribution in [-0.2, 0) is 13.0 Å². The lowest BCUT2D eigenvalue weighted by molar-refractivity contribution is -0.0729. The van der Waals surface area contributed by atoms with Gasteiger partial charge >= 0.3 is 0 Å². The Morgan fingerprint density at radius 1 is 1.44 bits per heavy atom. The van der Waals surface area contributed by atoms with Crippen LogP contribution in [0.5, 0.6) is 0 Å². The maximum Gasteiger partial charge on any atom is 0.0621 e. The second kappa shape index (κ2) is 4.25. The third-order valence-electron chi connectivity index (χ3n) is 4.69. The average molecular weight is 246 g/mol. The van der Waals surface area contributed by atoms with E-state index < -0.39 is 0 Å². The molecule has 0 amide bonds. The van der Waals surface area contributed by atoms with Gasteiger partial charge in [0.15, 0.2) is 0 Å². The van der Waals surface area contributed by atoms with Gasteiger partial charge in [-0.05, 0) is 24.0 Å². The van der Waals surface area contributed by atoms with Crippen molar-refractivity contribution in [3.05, 3.63) is 29.3 Å². The van der Waals surface area contributed by atoms with Crippen molar-refractivity contribution in [1.82, 2.24) is 5.32 Å². The SMILES string of the molecule is CC1(C)C(O)CC1NCc1cccc2c1NCC2. The number of benzene rings is 1. The van der Waals surface area contributed by atoms with E-state index in [2.05, 4.69) is 42.7 Å². The summed E-state index contributed by atoms with van der Waals surface area (Å²) in [6.45, 7) is 6.20. The minimum atomic E-state index is -0.158. The second-order valence-corrected chi connectivity index (χ2v) is 6.13. The summed E-state index contributed by atoms with van der Waals surface area (Å²) in [6.07, 6.45) is 1.85. The van der Waals surface area contributed by atoms with E-state index in [1.165, 1.54) is 16.8 Å². The van der Waals surface area contributed by atoms with Crippen LogP contribution >= 0.6 is 0 Å². The van der Waals surface area contributed by atoms with Gasteiger partial charge in [-0.3, -0.25) is 0 Å². The van der Waals surface area contributed by atoms with Crippen LogP contribution < -0.4 is 10.6 Å². The Labute approximate surface area is 109 Å². The predicted octanol–water partition coefficient (Wildman–Crippen LogP) is 1.90.